The number of rotatable bonds is 9. The SMILES string of the molecule is CC1(C)CC2CC(C)(CN2C[C@@H]2C[C@H](c3ccc(CO)cc3)O[C@H](c3ccc(-c4cccc(CNC(=O)c5ccccc5)c4)cc3)O2)C1. The zero-order valence-corrected chi connectivity index (χ0v) is 28.4. The average molecular weight is 645 g/mol. The van der Waals surface area contributed by atoms with Crippen LogP contribution in [-0.2, 0) is 22.6 Å². The van der Waals surface area contributed by atoms with E-state index in [1.165, 1.54) is 19.3 Å². The fourth-order valence-electron chi connectivity index (χ4n) is 8.65. The summed E-state index contributed by atoms with van der Waals surface area (Å²) in [6.45, 7) is 9.86. The van der Waals surface area contributed by atoms with Crippen LogP contribution in [0.3, 0.4) is 0 Å². The maximum atomic E-state index is 12.6. The normalized spacial score (nSPS) is 26.7. The Hall–Kier alpha value is -3.81. The molecule has 4 aromatic carbocycles. The third-order valence-corrected chi connectivity index (χ3v) is 10.5. The first-order valence-corrected chi connectivity index (χ1v) is 17.4. The van der Waals surface area contributed by atoms with E-state index in [4.69, 9.17) is 9.47 Å². The van der Waals surface area contributed by atoms with Gasteiger partial charge in [0.1, 0.15) is 0 Å². The first kappa shape index (κ1) is 32.7. The van der Waals surface area contributed by atoms with Gasteiger partial charge >= 0.3 is 0 Å². The number of nitrogens with zero attached hydrogens (tertiary/aromatic N) is 1. The van der Waals surface area contributed by atoms with Crippen LogP contribution in [0.5, 0.6) is 0 Å². The number of amides is 1. The summed E-state index contributed by atoms with van der Waals surface area (Å²) in [7, 11) is 0. The Morgan fingerprint density at radius 1 is 0.833 bits per heavy atom. The van der Waals surface area contributed by atoms with Crippen LogP contribution in [0.4, 0.5) is 0 Å². The van der Waals surface area contributed by atoms with E-state index in [0.29, 0.717) is 29.0 Å². The fraction of sp³-hybridized carbons (Fsp3) is 0.405. The molecular formula is C42H48N2O4. The van der Waals surface area contributed by atoms with Crippen molar-refractivity contribution in [3.05, 3.63) is 131 Å². The summed E-state index contributed by atoms with van der Waals surface area (Å²) < 4.78 is 13.5. The predicted molar refractivity (Wildman–Crippen MR) is 189 cm³/mol. The molecule has 2 bridgehead atoms. The van der Waals surface area contributed by atoms with Gasteiger partial charge in [-0.05, 0) is 76.1 Å². The Kier molecular flexibility index (Phi) is 9.27. The van der Waals surface area contributed by atoms with E-state index < -0.39 is 6.29 Å². The highest BCUT2D eigenvalue weighted by Crippen LogP contribution is 2.53. The second-order valence-electron chi connectivity index (χ2n) is 15.4. The van der Waals surface area contributed by atoms with Crippen molar-refractivity contribution in [2.45, 2.75) is 84.1 Å². The molecule has 3 aliphatic rings. The van der Waals surface area contributed by atoms with Crippen LogP contribution in [0.1, 0.15) is 91.5 Å². The van der Waals surface area contributed by atoms with Crippen LogP contribution in [0.15, 0.2) is 103 Å². The molecular weight excluding hydrogens is 596 g/mol. The Morgan fingerprint density at radius 3 is 2.33 bits per heavy atom. The summed E-state index contributed by atoms with van der Waals surface area (Å²) in [6.07, 6.45) is 4.05. The summed E-state index contributed by atoms with van der Waals surface area (Å²) in [5, 5.41) is 12.6. The van der Waals surface area contributed by atoms with Gasteiger partial charge in [0.2, 0.25) is 0 Å². The molecule has 3 fully saturated rings. The number of benzene rings is 4. The average Bonchev–Trinajstić information content (AvgIpc) is 3.34. The summed E-state index contributed by atoms with van der Waals surface area (Å²) in [5.41, 5.74) is 7.65. The highest BCUT2D eigenvalue weighted by atomic mass is 16.7. The van der Waals surface area contributed by atoms with Crippen molar-refractivity contribution in [3.63, 3.8) is 0 Å². The topological polar surface area (TPSA) is 71.0 Å². The van der Waals surface area contributed by atoms with Gasteiger partial charge in [0.15, 0.2) is 6.29 Å². The first-order valence-electron chi connectivity index (χ1n) is 17.4. The summed E-state index contributed by atoms with van der Waals surface area (Å²) in [5.74, 6) is -0.0791. The monoisotopic (exact) mass is 644 g/mol. The molecule has 0 spiro atoms. The van der Waals surface area contributed by atoms with Gasteiger partial charge in [-0.2, -0.15) is 0 Å². The van der Waals surface area contributed by atoms with Gasteiger partial charge in [-0.15, -0.1) is 0 Å². The van der Waals surface area contributed by atoms with Crippen molar-refractivity contribution in [3.8, 4) is 11.1 Å². The molecule has 1 saturated carbocycles. The molecule has 48 heavy (non-hydrogen) atoms. The quantitative estimate of drug-likeness (QED) is 0.192. The molecule has 7 rings (SSSR count). The van der Waals surface area contributed by atoms with E-state index in [1.807, 2.05) is 54.6 Å². The lowest BCUT2D eigenvalue weighted by Gasteiger charge is -2.41. The largest absolute Gasteiger partial charge is 0.392 e. The van der Waals surface area contributed by atoms with Gasteiger partial charge in [0.05, 0.1) is 18.8 Å². The molecule has 6 heteroatoms. The van der Waals surface area contributed by atoms with Crippen LogP contribution in [-0.4, -0.2) is 41.1 Å². The maximum absolute atomic E-state index is 12.6. The second-order valence-corrected chi connectivity index (χ2v) is 15.4. The van der Waals surface area contributed by atoms with Crippen molar-refractivity contribution >= 4 is 5.91 Å². The fourth-order valence-corrected chi connectivity index (χ4v) is 8.65. The molecule has 0 aromatic heterocycles. The molecule has 0 radical (unpaired) electrons. The number of fused-ring (bicyclic) bond motifs is 2. The molecule has 1 amide bonds. The van der Waals surface area contributed by atoms with Gasteiger partial charge in [-0.1, -0.05) is 106 Å². The molecule has 5 atom stereocenters. The molecule has 2 aliphatic heterocycles. The minimum absolute atomic E-state index is 0.0310. The second kappa shape index (κ2) is 13.6. The van der Waals surface area contributed by atoms with Crippen LogP contribution in [0.2, 0.25) is 0 Å². The van der Waals surface area contributed by atoms with Gasteiger partial charge in [0.25, 0.3) is 5.91 Å². The molecule has 250 valence electrons. The highest BCUT2D eigenvalue weighted by molar-refractivity contribution is 5.94. The lowest BCUT2D eigenvalue weighted by molar-refractivity contribution is -0.253. The Balaban J connectivity index is 1.07. The first-order chi connectivity index (χ1) is 23.1. The van der Waals surface area contributed by atoms with E-state index in [-0.39, 0.29) is 24.7 Å². The number of carbonyl (C=O) groups is 1. The minimum atomic E-state index is -0.478. The summed E-state index contributed by atoms with van der Waals surface area (Å²) >= 11 is 0. The van der Waals surface area contributed by atoms with E-state index in [0.717, 1.165) is 52.9 Å². The third-order valence-electron chi connectivity index (χ3n) is 10.5. The van der Waals surface area contributed by atoms with E-state index in [9.17, 15) is 9.90 Å². The number of carbonyl (C=O) groups excluding carboxylic acids is 1. The minimum Gasteiger partial charge on any atom is -0.392 e. The predicted octanol–water partition coefficient (Wildman–Crippen LogP) is 8.22. The Labute approximate surface area is 285 Å². The number of hydrogen-bond donors (Lipinski definition) is 2. The van der Waals surface area contributed by atoms with Gasteiger partial charge in [-0.25, -0.2) is 0 Å². The Morgan fingerprint density at radius 2 is 1.58 bits per heavy atom. The molecule has 2 heterocycles. The molecule has 4 aromatic rings. The number of nitrogens with one attached hydrogen (secondary N) is 1. The van der Waals surface area contributed by atoms with E-state index >= 15 is 0 Å². The third kappa shape index (κ3) is 7.42. The standard InChI is InChI=1S/C42H48N2O4/c1-41(2)22-36-23-42(3,27-41)28-44(36)25-37-21-38(32-14-12-29(26-45)13-15-32)48-40(47-37)34-18-16-31(17-19-34)35-11-7-8-30(20-35)24-43-39(46)33-9-5-4-6-10-33/h4-20,36-38,40,45H,21-28H2,1-3H3,(H,43,46)/t36?,37-,38+,40+,42?/m0/s1. The number of ether oxygens (including phenoxy) is 2. The Bertz CT molecular complexity index is 1700. The van der Waals surface area contributed by atoms with Crippen molar-refractivity contribution < 1.29 is 19.4 Å². The van der Waals surface area contributed by atoms with Crippen molar-refractivity contribution in [2.24, 2.45) is 10.8 Å². The molecule has 2 saturated heterocycles. The lowest BCUT2D eigenvalue weighted by Crippen LogP contribution is -2.42. The van der Waals surface area contributed by atoms with Gasteiger partial charge in [-0.3, -0.25) is 9.69 Å². The zero-order chi connectivity index (χ0) is 33.3. The number of hydrogen-bond acceptors (Lipinski definition) is 5. The molecule has 6 nitrogen and oxygen atoms in total. The van der Waals surface area contributed by atoms with E-state index in [2.05, 4.69) is 79.5 Å². The number of likely N-dealkylation sites (tertiary alicyclic amines) is 1. The number of aliphatic hydroxyl groups excluding tert-OH is 1. The smallest absolute Gasteiger partial charge is 0.251 e. The summed E-state index contributed by atoms with van der Waals surface area (Å²) in [4.78, 5) is 15.3. The van der Waals surface area contributed by atoms with Gasteiger partial charge < -0.3 is 19.9 Å². The van der Waals surface area contributed by atoms with Crippen molar-refractivity contribution in [2.75, 3.05) is 13.1 Å². The zero-order valence-electron chi connectivity index (χ0n) is 28.4. The van der Waals surface area contributed by atoms with E-state index in [1.54, 1.807) is 0 Å². The molecule has 1 aliphatic carbocycles. The molecule has 2 N–H and O–H groups in total. The van der Waals surface area contributed by atoms with Crippen molar-refractivity contribution in [1.29, 1.82) is 0 Å². The van der Waals surface area contributed by atoms with Crippen LogP contribution < -0.4 is 5.32 Å². The van der Waals surface area contributed by atoms with Crippen LogP contribution in [0, 0.1) is 10.8 Å². The van der Waals surface area contributed by atoms with Crippen LogP contribution >= 0.6 is 0 Å². The lowest BCUT2D eigenvalue weighted by atomic mass is 9.65. The van der Waals surface area contributed by atoms with Gasteiger partial charge in [0, 0.05) is 43.2 Å². The number of aliphatic hydroxyl groups is 1. The van der Waals surface area contributed by atoms with Crippen molar-refractivity contribution in [1.82, 2.24) is 10.2 Å². The molecule has 2 unspecified atom stereocenters. The maximum Gasteiger partial charge on any atom is 0.251 e. The van der Waals surface area contributed by atoms with Crippen LogP contribution in [0.25, 0.3) is 11.1 Å². The summed E-state index contributed by atoms with van der Waals surface area (Å²) in [6, 6.07) is 34.8. The highest BCUT2D eigenvalue weighted by Gasteiger charge is 2.50.